The van der Waals surface area contributed by atoms with Gasteiger partial charge >= 0.3 is 0 Å². The van der Waals surface area contributed by atoms with Crippen molar-refractivity contribution in [1.29, 1.82) is 0 Å². The molecule has 0 atom stereocenters. The van der Waals surface area contributed by atoms with Crippen molar-refractivity contribution in [3.63, 3.8) is 0 Å². The van der Waals surface area contributed by atoms with Crippen molar-refractivity contribution in [2.75, 3.05) is 45.2 Å². The second-order valence-corrected chi connectivity index (χ2v) is 8.89. The summed E-state index contributed by atoms with van der Waals surface area (Å²) in [6.07, 6.45) is 0. The highest BCUT2D eigenvalue weighted by Gasteiger charge is 2.30. The van der Waals surface area contributed by atoms with Crippen LogP contribution in [0.15, 0.2) is 53.4 Å². The lowest BCUT2D eigenvalue weighted by Gasteiger charge is -2.34. The molecule has 2 aromatic rings. The predicted molar refractivity (Wildman–Crippen MR) is 115 cm³/mol. The summed E-state index contributed by atoms with van der Waals surface area (Å²) in [7, 11) is -2.11. The lowest BCUT2D eigenvalue weighted by atomic mass is 10.3. The first-order chi connectivity index (χ1) is 14.8. The fourth-order valence-corrected chi connectivity index (χ4v) is 4.57. The van der Waals surface area contributed by atoms with Crippen LogP contribution >= 0.6 is 0 Å². The molecule has 2 amide bonds. The van der Waals surface area contributed by atoms with Gasteiger partial charge in [-0.05, 0) is 48.5 Å². The van der Waals surface area contributed by atoms with Gasteiger partial charge in [0.05, 0.1) is 12.0 Å². The molecule has 1 aliphatic rings. The number of rotatable bonds is 7. The number of anilines is 1. The summed E-state index contributed by atoms with van der Waals surface area (Å²) in [4.78, 5) is 25.3. The summed E-state index contributed by atoms with van der Waals surface area (Å²) in [6, 6.07) is 12.9. The average molecular weight is 448 g/mol. The van der Waals surface area contributed by atoms with Gasteiger partial charge in [0.15, 0.2) is 6.61 Å². The summed E-state index contributed by atoms with van der Waals surface area (Å²) >= 11 is 0. The van der Waals surface area contributed by atoms with Gasteiger partial charge in [0.25, 0.3) is 5.91 Å². The van der Waals surface area contributed by atoms with Crippen LogP contribution < -0.4 is 14.8 Å². The third kappa shape index (κ3) is 5.74. The lowest BCUT2D eigenvalue weighted by molar-refractivity contribution is -0.134. The molecule has 1 aliphatic heterocycles. The molecule has 0 spiro atoms. The SMILES string of the molecule is COc1ccc(OCC(=O)N2CCN(S(=O)(=O)c3ccc(NC(C)=O)cc3)CC2)cc1. The van der Waals surface area contributed by atoms with Crippen LogP contribution in [0.5, 0.6) is 11.5 Å². The number of hydrogen-bond acceptors (Lipinski definition) is 6. The number of carbonyl (C=O) groups excluding carboxylic acids is 2. The molecule has 1 N–H and O–H groups in total. The minimum atomic E-state index is -3.68. The van der Waals surface area contributed by atoms with Crippen LogP contribution in [0.4, 0.5) is 5.69 Å². The molecule has 1 saturated heterocycles. The van der Waals surface area contributed by atoms with Gasteiger partial charge in [0.2, 0.25) is 15.9 Å². The van der Waals surface area contributed by atoms with Crippen molar-refractivity contribution in [1.82, 2.24) is 9.21 Å². The number of benzene rings is 2. The summed E-state index contributed by atoms with van der Waals surface area (Å²) in [5.74, 6) is 0.818. The van der Waals surface area contributed by atoms with Crippen molar-refractivity contribution in [2.45, 2.75) is 11.8 Å². The van der Waals surface area contributed by atoms with Gasteiger partial charge in [-0.1, -0.05) is 0 Å². The number of carbonyl (C=O) groups is 2. The average Bonchev–Trinajstić information content (AvgIpc) is 2.78. The van der Waals surface area contributed by atoms with Crippen LogP contribution in [0.1, 0.15) is 6.92 Å². The molecule has 0 unspecified atom stereocenters. The predicted octanol–water partition coefficient (Wildman–Crippen LogP) is 1.57. The van der Waals surface area contributed by atoms with Gasteiger partial charge in [-0.2, -0.15) is 4.31 Å². The van der Waals surface area contributed by atoms with E-state index in [-0.39, 0.29) is 49.5 Å². The Bertz CT molecular complexity index is 1010. The standard InChI is InChI=1S/C21H25N3O6S/c1-16(25)22-17-3-9-20(10-4-17)31(27,28)24-13-11-23(12-14-24)21(26)15-30-19-7-5-18(29-2)6-8-19/h3-10H,11-15H2,1-2H3,(H,22,25). The fourth-order valence-electron chi connectivity index (χ4n) is 3.15. The van der Waals surface area contributed by atoms with Crippen molar-refractivity contribution >= 4 is 27.5 Å². The van der Waals surface area contributed by atoms with Gasteiger partial charge < -0.3 is 19.7 Å². The van der Waals surface area contributed by atoms with Crippen molar-refractivity contribution in [3.8, 4) is 11.5 Å². The van der Waals surface area contributed by atoms with E-state index in [1.54, 1.807) is 48.4 Å². The van der Waals surface area contributed by atoms with Crippen molar-refractivity contribution in [3.05, 3.63) is 48.5 Å². The largest absolute Gasteiger partial charge is 0.497 e. The highest BCUT2D eigenvalue weighted by Crippen LogP contribution is 2.20. The Morgan fingerprint density at radius 1 is 0.935 bits per heavy atom. The Kier molecular flexibility index (Phi) is 7.13. The Labute approximate surface area is 181 Å². The molecule has 166 valence electrons. The number of sulfonamides is 1. The number of methoxy groups -OCH3 is 1. The molecule has 3 rings (SSSR count). The van der Waals surface area contributed by atoms with Crippen LogP contribution in [-0.4, -0.2) is 69.3 Å². The van der Waals surface area contributed by atoms with Crippen LogP contribution in [0.3, 0.4) is 0 Å². The zero-order chi connectivity index (χ0) is 22.4. The quantitative estimate of drug-likeness (QED) is 0.691. The second kappa shape index (κ2) is 9.80. The lowest BCUT2D eigenvalue weighted by Crippen LogP contribution is -2.51. The first-order valence-electron chi connectivity index (χ1n) is 9.72. The molecule has 1 heterocycles. The third-order valence-electron chi connectivity index (χ3n) is 4.83. The molecule has 0 aliphatic carbocycles. The highest BCUT2D eigenvalue weighted by atomic mass is 32.2. The monoisotopic (exact) mass is 447 g/mol. The first-order valence-corrected chi connectivity index (χ1v) is 11.2. The summed E-state index contributed by atoms with van der Waals surface area (Å²) in [5, 5.41) is 2.60. The van der Waals surface area contributed by atoms with E-state index >= 15 is 0 Å². The van der Waals surface area contributed by atoms with Gasteiger partial charge in [0, 0.05) is 38.8 Å². The van der Waals surface area contributed by atoms with Crippen molar-refractivity contribution in [2.24, 2.45) is 0 Å². The summed E-state index contributed by atoms with van der Waals surface area (Å²) in [5.41, 5.74) is 0.527. The molecular formula is C21H25N3O6S. The fraction of sp³-hybridized carbons (Fsp3) is 0.333. The molecule has 0 radical (unpaired) electrons. The molecule has 0 aromatic heterocycles. The molecular weight excluding hydrogens is 422 g/mol. The van der Waals surface area contributed by atoms with E-state index in [0.717, 1.165) is 0 Å². The maximum Gasteiger partial charge on any atom is 0.260 e. The van der Waals surface area contributed by atoms with Crippen molar-refractivity contribution < 1.29 is 27.5 Å². The Hall–Kier alpha value is -3.11. The zero-order valence-corrected chi connectivity index (χ0v) is 18.2. The Morgan fingerprint density at radius 3 is 2.06 bits per heavy atom. The van der Waals surface area contributed by atoms with Gasteiger partial charge in [0.1, 0.15) is 11.5 Å². The highest BCUT2D eigenvalue weighted by molar-refractivity contribution is 7.89. The molecule has 0 saturated carbocycles. The van der Waals surface area contributed by atoms with E-state index in [2.05, 4.69) is 5.32 Å². The number of nitrogens with one attached hydrogen (secondary N) is 1. The second-order valence-electron chi connectivity index (χ2n) is 6.95. The number of piperazine rings is 1. The van der Waals surface area contributed by atoms with Crippen LogP contribution in [0.2, 0.25) is 0 Å². The molecule has 10 heteroatoms. The van der Waals surface area contributed by atoms with Gasteiger partial charge in [-0.3, -0.25) is 9.59 Å². The normalized spacial score (nSPS) is 14.7. The van der Waals surface area contributed by atoms with E-state index in [1.165, 1.54) is 23.4 Å². The summed E-state index contributed by atoms with van der Waals surface area (Å²) in [6.45, 7) is 2.23. The smallest absolute Gasteiger partial charge is 0.260 e. The van der Waals surface area contributed by atoms with E-state index in [4.69, 9.17) is 9.47 Å². The minimum absolute atomic E-state index is 0.121. The number of nitrogens with zero attached hydrogens (tertiary/aromatic N) is 2. The Balaban J connectivity index is 1.52. The van der Waals surface area contributed by atoms with Crippen LogP contribution in [-0.2, 0) is 19.6 Å². The van der Waals surface area contributed by atoms with E-state index in [1.807, 2.05) is 0 Å². The van der Waals surface area contributed by atoms with Crippen LogP contribution in [0, 0.1) is 0 Å². The topological polar surface area (TPSA) is 105 Å². The van der Waals surface area contributed by atoms with Gasteiger partial charge in [-0.25, -0.2) is 8.42 Å². The maximum absolute atomic E-state index is 12.9. The number of hydrogen-bond donors (Lipinski definition) is 1. The number of amides is 2. The Morgan fingerprint density at radius 2 is 1.52 bits per heavy atom. The van der Waals surface area contributed by atoms with E-state index in [9.17, 15) is 18.0 Å². The zero-order valence-electron chi connectivity index (χ0n) is 17.4. The summed E-state index contributed by atoms with van der Waals surface area (Å²) < 4.78 is 37.7. The third-order valence-corrected chi connectivity index (χ3v) is 6.74. The molecule has 0 bridgehead atoms. The molecule has 31 heavy (non-hydrogen) atoms. The molecule has 1 fully saturated rings. The molecule has 2 aromatic carbocycles. The van der Waals surface area contributed by atoms with E-state index < -0.39 is 10.0 Å². The number of ether oxygens (including phenoxy) is 2. The van der Waals surface area contributed by atoms with E-state index in [0.29, 0.717) is 17.2 Å². The van der Waals surface area contributed by atoms with Gasteiger partial charge in [-0.15, -0.1) is 0 Å². The van der Waals surface area contributed by atoms with Crippen LogP contribution in [0.25, 0.3) is 0 Å². The first kappa shape index (κ1) is 22.6. The minimum Gasteiger partial charge on any atom is -0.497 e. The molecule has 9 nitrogen and oxygen atoms in total. The maximum atomic E-state index is 12.9.